The largest absolute Gasteiger partial charge is 0.467 e. The summed E-state index contributed by atoms with van der Waals surface area (Å²) in [6.07, 6.45) is 0. The summed E-state index contributed by atoms with van der Waals surface area (Å²) in [4.78, 5) is 23.3. The van der Waals surface area contributed by atoms with E-state index in [-0.39, 0.29) is 11.9 Å². The monoisotopic (exact) mass is 278 g/mol. The first kappa shape index (κ1) is 16.0. The quantitative estimate of drug-likeness (QED) is 0.809. The fourth-order valence-corrected chi connectivity index (χ4v) is 1.71. The van der Waals surface area contributed by atoms with Crippen LogP contribution >= 0.6 is 0 Å². The van der Waals surface area contributed by atoms with Gasteiger partial charge < -0.3 is 15.4 Å². The van der Waals surface area contributed by atoms with Crippen molar-refractivity contribution in [2.45, 2.75) is 33.4 Å². The lowest BCUT2D eigenvalue weighted by atomic mass is 10.1. The molecule has 0 spiro atoms. The van der Waals surface area contributed by atoms with Gasteiger partial charge in [-0.3, -0.25) is 0 Å². The van der Waals surface area contributed by atoms with Crippen molar-refractivity contribution in [1.82, 2.24) is 10.6 Å². The zero-order valence-corrected chi connectivity index (χ0v) is 12.4. The number of hydrogen-bond acceptors (Lipinski definition) is 3. The Morgan fingerprint density at radius 1 is 1.20 bits per heavy atom. The predicted octanol–water partition coefficient (Wildman–Crippen LogP) is 1.99. The van der Waals surface area contributed by atoms with Gasteiger partial charge in [0.15, 0.2) is 0 Å². The lowest BCUT2D eigenvalue weighted by Crippen LogP contribution is -2.48. The van der Waals surface area contributed by atoms with E-state index in [2.05, 4.69) is 15.4 Å². The molecule has 110 valence electrons. The molecule has 5 heteroatoms. The van der Waals surface area contributed by atoms with Gasteiger partial charge in [0.05, 0.1) is 7.11 Å². The van der Waals surface area contributed by atoms with Gasteiger partial charge in [0.2, 0.25) is 0 Å². The number of benzene rings is 1. The van der Waals surface area contributed by atoms with Gasteiger partial charge in [0, 0.05) is 6.54 Å². The maximum atomic E-state index is 11.8. The molecule has 0 aromatic heterocycles. The normalized spacial score (nSPS) is 11.8. The Kier molecular flexibility index (Phi) is 6.03. The van der Waals surface area contributed by atoms with Crippen LogP contribution in [0.15, 0.2) is 24.3 Å². The Bertz CT molecular complexity index is 455. The lowest BCUT2D eigenvalue weighted by Gasteiger charge is -2.20. The fourth-order valence-electron chi connectivity index (χ4n) is 1.71. The molecule has 5 nitrogen and oxygen atoms in total. The van der Waals surface area contributed by atoms with Gasteiger partial charge in [-0.25, -0.2) is 9.59 Å². The topological polar surface area (TPSA) is 67.4 Å². The highest BCUT2D eigenvalue weighted by molar-refractivity contribution is 5.83. The summed E-state index contributed by atoms with van der Waals surface area (Å²) in [5.41, 5.74) is 2.17. The van der Waals surface area contributed by atoms with Gasteiger partial charge in [-0.1, -0.05) is 43.7 Å². The van der Waals surface area contributed by atoms with E-state index < -0.39 is 12.0 Å². The van der Waals surface area contributed by atoms with Crippen molar-refractivity contribution < 1.29 is 14.3 Å². The summed E-state index contributed by atoms with van der Waals surface area (Å²) < 4.78 is 4.67. The molecule has 0 fully saturated rings. The second kappa shape index (κ2) is 7.53. The first-order valence-electron chi connectivity index (χ1n) is 6.61. The van der Waals surface area contributed by atoms with E-state index in [4.69, 9.17) is 0 Å². The Morgan fingerprint density at radius 3 is 2.30 bits per heavy atom. The number of ether oxygens (including phenoxy) is 1. The van der Waals surface area contributed by atoms with Gasteiger partial charge in [-0.2, -0.15) is 0 Å². The molecular formula is C15H22N2O3. The molecule has 1 rings (SSSR count). The van der Waals surface area contributed by atoms with Crippen LogP contribution in [-0.2, 0) is 16.1 Å². The number of hydrogen-bond donors (Lipinski definition) is 2. The van der Waals surface area contributed by atoms with Crippen molar-refractivity contribution in [1.29, 1.82) is 0 Å². The Hall–Kier alpha value is -2.04. The van der Waals surface area contributed by atoms with Crippen LogP contribution in [0.2, 0.25) is 0 Å². The van der Waals surface area contributed by atoms with Crippen molar-refractivity contribution in [2.75, 3.05) is 7.11 Å². The number of esters is 1. The van der Waals surface area contributed by atoms with Crippen LogP contribution in [0.1, 0.15) is 25.0 Å². The first-order valence-corrected chi connectivity index (χ1v) is 6.61. The molecule has 20 heavy (non-hydrogen) atoms. The standard InChI is InChI=1S/C15H22N2O3/c1-10(2)13(14(18)20-4)17-15(19)16-9-12-7-5-11(3)6-8-12/h5-8,10,13H,9H2,1-4H3,(H2,16,17,19)/t13-/m0/s1. The molecule has 2 amide bonds. The molecule has 2 N–H and O–H groups in total. The molecule has 0 radical (unpaired) electrons. The van der Waals surface area contributed by atoms with Crippen LogP contribution in [0.5, 0.6) is 0 Å². The molecule has 0 heterocycles. The Balaban J connectivity index is 2.49. The third-order valence-corrected chi connectivity index (χ3v) is 2.98. The van der Waals surface area contributed by atoms with Crippen LogP contribution in [0.3, 0.4) is 0 Å². The average Bonchev–Trinajstić information content (AvgIpc) is 2.43. The van der Waals surface area contributed by atoms with E-state index in [1.807, 2.05) is 45.0 Å². The van der Waals surface area contributed by atoms with Crippen LogP contribution in [0.25, 0.3) is 0 Å². The second-order valence-corrected chi connectivity index (χ2v) is 5.06. The number of amides is 2. The third kappa shape index (κ3) is 4.91. The fraction of sp³-hybridized carbons (Fsp3) is 0.467. The number of aryl methyl sites for hydroxylation is 1. The molecule has 0 saturated heterocycles. The number of urea groups is 1. The molecule has 1 aromatic rings. The molecule has 0 aliphatic rings. The van der Waals surface area contributed by atoms with E-state index in [1.54, 1.807) is 0 Å². The van der Waals surface area contributed by atoms with E-state index >= 15 is 0 Å². The minimum atomic E-state index is -0.641. The van der Waals surface area contributed by atoms with Crippen molar-refractivity contribution in [3.05, 3.63) is 35.4 Å². The van der Waals surface area contributed by atoms with Gasteiger partial charge in [0.25, 0.3) is 0 Å². The molecule has 0 aliphatic heterocycles. The summed E-state index contributed by atoms with van der Waals surface area (Å²) in [6, 6.07) is 6.86. The van der Waals surface area contributed by atoms with Crippen molar-refractivity contribution in [2.24, 2.45) is 5.92 Å². The number of carbonyl (C=O) groups is 2. The second-order valence-electron chi connectivity index (χ2n) is 5.06. The molecule has 1 atom stereocenters. The molecule has 0 aliphatic carbocycles. The van der Waals surface area contributed by atoms with Crippen molar-refractivity contribution in [3.8, 4) is 0 Å². The van der Waals surface area contributed by atoms with E-state index in [9.17, 15) is 9.59 Å². The smallest absolute Gasteiger partial charge is 0.328 e. The maximum Gasteiger partial charge on any atom is 0.328 e. The SMILES string of the molecule is COC(=O)[C@@H](NC(=O)NCc1ccc(C)cc1)C(C)C. The number of rotatable bonds is 5. The zero-order chi connectivity index (χ0) is 15.1. The lowest BCUT2D eigenvalue weighted by molar-refractivity contribution is -0.143. The van der Waals surface area contributed by atoms with Gasteiger partial charge >= 0.3 is 12.0 Å². The van der Waals surface area contributed by atoms with Gasteiger partial charge in [-0.15, -0.1) is 0 Å². The highest BCUT2D eigenvalue weighted by atomic mass is 16.5. The highest BCUT2D eigenvalue weighted by Gasteiger charge is 2.24. The molecule has 0 bridgehead atoms. The van der Waals surface area contributed by atoms with Crippen LogP contribution in [0.4, 0.5) is 4.79 Å². The molecule has 0 unspecified atom stereocenters. The summed E-state index contributed by atoms with van der Waals surface area (Å²) in [5, 5.41) is 5.35. The zero-order valence-electron chi connectivity index (χ0n) is 12.4. The molecule has 1 aromatic carbocycles. The molecule has 0 saturated carbocycles. The van der Waals surface area contributed by atoms with Gasteiger partial charge in [-0.05, 0) is 18.4 Å². The van der Waals surface area contributed by atoms with Crippen molar-refractivity contribution >= 4 is 12.0 Å². The van der Waals surface area contributed by atoms with Crippen molar-refractivity contribution in [3.63, 3.8) is 0 Å². The predicted molar refractivity (Wildman–Crippen MR) is 77.2 cm³/mol. The highest BCUT2D eigenvalue weighted by Crippen LogP contribution is 2.04. The first-order chi connectivity index (χ1) is 9.43. The minimum Gasteiger partial charge on any atom is -0.467 e. The summed E-state index contributed by atoms with van der Waals surface area (Å²) >= 11 is 0. The van der Waals surface area contributed by atoms with Crippen LogP contribution in [0, 0.1) is 12.8 Å². The average molecular weight is 278 g/mol. The van der Waals surface area contributed by atoms with E-state index in [1.165, 1.54) is 12.7 Å². The van der Waals surface area contributed by atoms with Crippen LogP contribution < -0.4 is 10.6 Å². The Labute approximate surface area is 119 Å². The maximum absolute atomic E-state index is 11.8. The van der Waals surface area contributed by atoms with Crippen LogP contribution in [-0.4, -0.2) is 25.2 Å². The van der Waals surface area contributed by atoms with Gasteiger partial charge in [0.1, 0.15) is 6.04 Å². The minimum absolute atomic E-state index is 0.0347. The van der Waals surface area contributed by atoms with E-state index in [0.29, 0.717) is 6.54 Å². The number of methoxy groups -OCH3 is 1. The number of carbonyl (C=O) groups excluding carboxylic acids is 2. The molecular weight excluding hydrogens is 256 g/mol. The number of nitrogens with one attached hydrogen (secondary N) is 2. The van der Waals surface area contributed by atoms with E-state index in [0.717, 1.165) is 5.56 Å². The summed E-state index contributed by atoms with van der Waals surface area (Å²) in [6.45, 7) is 6.12. The third-order valence-electron chi connectivity index (χ3n) is 2.98. The summed E-state index contributed by atoms with van der Waals surface area (Å²) in [5.74, 6) is -0.474. The Morgan fingerprint density at radius 2 is 1.80 bits per heavy atom. The summed E-state index contributed by atoms with van der Waals surface area (Å²) in [7, 11) is 1.31.